The molecule has 1 N–H and O–H groups in total. The third kappa shape index (κ3) is 2.93. The van der Waals surface area contributed by atoms with E-state index in [1.54, 1.807) is 0 Å². The maximum Gasteiger partial charge on any atom is 0.105 e. The number of benzene rings is 1. The lowest BCUT2D eigenvalue weighted by Crippen LogP contribution is -2.39. The lowest BCUT2D eigenvalue weighted by atomic mass is 9.87. The fraction of sp³-hybridized carbons (Fsp3) is 0.625. The zero-order valence-corrected chi connectivity index (χ0v) is 11.8. The van der Waals surface area contributed by atoms with Crippen molar-refractivity contribution in [2.75, 3.05) is 20.6 Å². The second-order valence-electron chi connectivity index (χ2n) is 5.88. The second-order valence-corrected chi connectivity index (χ2v) is 5.88. The van der Waals surface area contributed by atoms with Gasteiger partial charge in [-0.25, -0.2) is 0 Å². The first-order valence-electron chi connectivity index (χ1n) is 7.03. The summed E-state index contributed by atoms with van der Waals surface area (Å²) < 4.78 is 0. The Bertz CT molecular complexity index is 381. The first-order valence-corrected chi connectivity index (χ1v) is 7.03. The summed E-state index contributed by atoms with van der Waals surface area (Å²) in [5, 5.41) is 11.0. The van der Waals surface area contributed by atoms with Crippen molar-refractivity contribution in [1.82, 2.24) is 4.90 Å². The van der Waals surface area contributed by atoms with Gasteiger partial charge in [-0.3, -0.25) is 0 Å². The van der Waals surface area contributed by atoms with Crippen molar-refractivity contribution >= 4 is 0 Å². The molecule has 0 radical (unpaired) electrons. The van der Waals surface area contributed by atoms with Crippen molar-refractivity contribution in [3.8, 4) is 0 Å². The fourth-order valence-corrected chi connectivity index (χ4v) is 2.75. The minimum absolute atomic E-state index is 0.442. The van der Waals surface area contributed by atoms with E-state index in [1.165, 1.54) is 12.0 Å². The number of likely N-dealkylation sites (N-methyl/N-ethyl adjacent to an activating group) is 1. The molecule has 0 heterocycles. The van der Waals surface area contributed by atoms with E-state index in [-0.39, 0.29) is 0 Å². The molecule has 0 aliphatic heterocycles. The van der Waals surface area contributed by atoms with Gasteiger partial charge >= 0.3 is 0 Å². The Labute approximate surface area is 111 Å². The molecule has 1 aromatic rings. The molecule has 0 saturated heterocycles. The molecule has 0 aromatic heterocycles. The molecule has 2 rings (SSSR count). The SMILES string of the molecule is CCCc1ccc(C(O)(CN(C)C)C2CC2)cc1. The number of hydrogen-bond acceptors (Lipinski definition) is 2. The van der Waals surface area contributed by atoms with Gasteiger partial charge in [0.15, 0.2) is 0 Å². The molecule has 0 amide bonds. The van der Waals surface area contributed by atoms with Crippen LogP contribution in [0.5, 0.6) is 0 Å². The Balaban J connectivity index is 2.20. The van der Waals surface area contributed by atoms with Gasteiger partial charge in [0.25, 0.3) is 0 Å². The summed E-state index contributed by atoms with van der Waals surface area (Å²) in [5.74, 6) is 0.442. The third-order valence-corrected chi connectivity index (χ3v) is 3.80. The van der Waals surface area contributed by atoms with Crippen LogP contribution in [0.25, 0.3) is 0 Å². The van der Waals surface area contributed by atoms with Gasteiger partial charge in [-0.2, -0.15) is 0 Å². The van der Waals surface area contributed by atoms with Crippen LogP contribution < -0.4 is 0 Å². The van der Waals surface area contributed by atoms with E-state index < -0.39 is 5.60 Å². The average Bonchev–Trinajstić information content (AvgIpc) is 3.13. The molecule has 2 nitrogen and oxygen atoms in total. The Kier molecular flexibility index (Phi) is 4.08. The quantitative estimate of drug-likeness (QED) is 0.835. The van der Waals surface area contributed by atoms with Crippen molar-refractivity contribution in [1.29, 1.82) is 0 Å². The molecule has 2 heteroatoms. The van der Waals surface area contributed by atoms with Crippen LogP contribution in [0.15, 0.2) is 24.3 Å². The van der Waals surface area contributed by atoms with Gasteiger partial charge in [0, 0.05) is 6.54 Å². The first kappa shape index (κ1) is 13.6. The minimum Gasteiger partial charge on any atom is -0.384 e. The van der Waals surface area contributed by atoms with Crippen molar-refractivity contribution < 1.29 is 5.11 Å². The van der Waals surface area contributed by atoms with Crippen molar-refractivity contribution in [3.05, 3.63) is 35.4 Å². The Morgan fingerprint density at radius 1 is 1.22 bits per heavy atom. The summed E-state index contributed by atoms with van der Waals surface area (Å²) in [6.07, 6.45) is 4.60. The normalized spacial score (nSPS) is 18.9. The van der Waals surface area contributed by atoms with Gasteiger partial charge in [-0.05, 0) is 50.4 Å². The predicted molar refractivity (Wildman–Crippen MR) is 75.6 cm³/mol. The highest BCUT2D eigenvalue weighted by molar-refractivity contribution is 5.29. The van der Waals surface area contributed by atoms with Gasteiger partial charge in [0.1, 0.15) is 5.60 Å². The highest BCUT2D eigenvalue weighted by Gasteiger charge is 2.45. The van der Waals surface area contributed by atoms with Gasteiger partial charge in [0.2, 0.25) is 0 Å². The van der Waals surface area contributed by atoms with Crippen LogP contribution in [0, 0.1) is 5.92 Å². The highest BCUT2D eigenvalue weighted by atomic mass is 16.3. The van der Waals surface area contributed by atoms with Crippen LogP contribution in [0.2, 0.25) is 0 Å². The van der Waals surface area contributed by atoms with E-state index in [9.17, 15) is 5.11 Å². The molecule has 1 unspecified atom stereocenters. The van der Waals surface area contributed by atoms with E-state index >= 15 is 0 Å². The number of aryl methyl sites for hydroxylation is 1. The molecule has 18 heavy (non-hydrogen) atoms. The van der Waals surface area contributed by atoms with Gasteiger partial charge in [-0.15, -0.1) is 0 Å². The molecular weight excluding hydrogens is 222 g/mol. The molecule has 1 fully saturated rings. The smallest absolute Gasteiger partial charge is 0.105 e. The Hall–Kier alpha value is -0.860. The predicted octanol–water partition coefficient (Wildman–Crippen LogP) is 2.80. The Morgan fingerprint density at radius 3 is 2.28 bits per heavy atom. The van der Waals surface area contributed by atoms with E-state index in [1.807, 2.05) is 14.1 Å². The maximum atomic E-state index is 11.0. The average molecular weight is 247 g/mol. The molecule has 1 saturated carbocycles. The molecule has 1 aliphatic carbocycles. The summed E-state index contributed by atoms with van der Waals surface area (Å²) in [7, 11) is 4.05. The zero-order chi connectivity index (χ0) is 13.2. The Morgan fingerprint density at radius 2 is 1.83 bits per heavy atom. The summed E-state index contributed by atoms with van der Waals surface area (Å²) in [5.41, 5.74) is 1.79. The highest BCUT2D eigenvalue weighted by Crippen LogP contribution is 2.46. The van der Waals surface area contributed by atoms with E-state index in [0.717, 1.165) is 24.8 Å². The second kappa shape index (κ2) is 5.41. The molecule has 100 valence electrons. The van der Waals surface area contributed by atoms with E-state index in [2.05, 4.69) is 36.1 Å². The van der Waals surface area contributed by atoms with Gasteiger partial charge in [-0.1, -0.05) is 37.6 Å². The zero-order valence-electron chi connectivity index (χ0n) is 11.8. The number of rotatable bonds is 6. The standard InChI is InChI=1S/C16H25NO/c1-4-5-13-6-8-14(9-7-13)16(18,12-17(2)3)15-10-11-15/h6-9,15,18H,4-5,10-12H2,1-3H3. The van der Waals surface area contributed by atoms with Crippen molar-refractivity contribution in [3.63, 3.8) is 0 Å². The monoisotopic (exact) mass is 247 g/mol. The van der Waals surface area contributed by atoms with E-state index in [0.29, 0.717) is 12.5 Å². The van der Waals surface area contributed by atoms with E-state index in [4.69, 9.17) is 0 Å². The van der Waals surface area contributed by atoms with Gasteiger partial charge in [0.05, 0.1) is 0 Å². The first-order chi connectivity index (χ1) is 8.56. The fourth-order valence-electron chi connectivity index (χ4n) is 2.75. The minimum atomic E-state index is -0.658. The van der Waals surface area contributed by atoms with Crippen LogP contribution in [0.1, 0.15) is 37.3 Å². The largest absolute Gasteiger partial charge is 0.384 e. The lowest BCUT2D eigenvalue weighted by Gasteiger charge is -2.32. The third-order valence-electron chi connectivity index (χ3n) is 3.80. The van der Waals surface area contributed by atoms with Crippen LogP contribution >= 0.6 is 0 Å². The summed E-state index contributed by atoms with van der Waals surface area (Å²) in [6, 6.07) is 8.57. The van der Waals surface area contributed by atoms with Crippen LogP contribution in [0.4, 0.5) is 0 Å². The molecule has 0 spiro atoms. The van der Waals surface area contributed by atoms with Crippen molar-refractivity contribution in [2.24, 2.45) is 5.92 Å². The number of aliphatic hydroxyl groups is 1. The maximum absolute atomic E-state index is 11.0. The molecule has 1 atom stereocenters. The lowest BCUT2D eigenvalue weighted by molar-refractivity contribution is -0.00997. The molecule has 0 bridgehead atoms. The van der Waals surface area contributed by atoms with Crippen molar-refractivity contribution in [2.45, 2.75) is 38.2 Å². The molecule has 1 aliphatic rings. The topological polar surface area (TPSA) is 23.5 Å². The molecule has 1 aromatic carbocycles. The summed E-state index contributed by atoms with van der Waals surface area (Å²) >= 11 is 0. The summed E-state index contributed by atoms with van der Waals surface area (Å²) in [4.78, 5) is 2.08. The molecular formula is C16H25NO. The van der Waals surface area contributed by atoms with Gasteiger partial charge < -0.3 is 10.0 Å². The van der Waals surface area contributed by atoms with Crippen LogP contribution in [-0.2, 0) is 12.0 Å². The number of hydrogen-bond donors (Lipinski definition) is 1. The number of nitrogens with zero attached hydrogens (tertiary/aromatic N) is 1. The summed E-state index contributed by atoms with van der Waals surface area (Å²) in [6.45, 7) is 2.91. The van der Waals surface area contributed by atoms with Crippen LogP contribution in [0.3, 0.4) is 0 Å². The van der Waals surface area contributed by atoms with Crippen LogP contribution in [-0.4, -0.2) is 30.6 Å².